The van der Waals surface area contributed by atoms with E-state index in [9.17, 15) is 9.90 Å². The van der Waals surface area contributed by atoms with E-state index in [-0.39, 0.29) is 18.3 Å². The second kappa shape index (κ2) is 7.97. The standard InChI is InChI=1S/C18H19BrN2O3/c1-11-4-5-14(16(22)6-11)9-20-21-17(23)10-24-18-12(2)7-15(19)8-13(18)3/h4-9,22H,10H2,1-3H3,(H,21,23). The third-order valence-corrected chi connectivity index (χ3v) is 3.81. The minimum absolute atomic E-state index is 0.116. The number of aromatic hydroxyl groups is 1. The number of aryl methyl sites for hydroxylation is 3. The van der Waals surface area contributed by atoms with E-state index in [1.54, 1.807) is 12.1 Å². The molecule has 2 N–H and O–H groups in total. The Labute approximate surface area is 149 Å². The Hall–Kier alpha value is -2.34. The SMILES string of the molecule is Cc1ccc(C=NNC(=O)COc2c(C)cc(Br)cc2C)c(O)c1. The van der Waals surface area contributed by atoms with Gasteiger partial charge in [0.15, 0.2) is 6.61 Å². The summed E-state index contributed by atoms with van der Waals surface area (Å²) in [5.74, 6) is 0.429. The minimum atomic E-state index is -0.375. The molecule has 0 bridgehead atoms. The molecule has 0 radical (unpaired) electrons. The molecular weight excluding hydrogens is 372 g/mol. The summed E-state index contributed by atoms with van der Waals surface area (Å²) >= 11 is 3.42. The molecule has 0 saturated heterocycles. The number of amides is 1. The lowest BCUT2D eigenvalue weighted by molar-refractivity contribution is -0.123. The van der Waals surface area contributed by atoms with Crippen molar-refractivity contribution in [2.45, 2.75) is 20.8 Å². The van der Waals surface area contributed by atoms with Crippen molar-refractivity contribution >= 4 is 28.1 Å². The van der Waals surface area contributed by atoms with Crippen LogP contribution in [0.3, 0.4) is 0 Å². The first-order valence-electron chi connectivity index (χ1n) is 7.38. The van der Waals surface area contributed by atoms with Gasteiger partial charge in [0, 0.05) is 10.0 Å². The molecule has 0 saturated carbocycles. The first-order chi connectivity index (χ1) is 11.4. The van der Waals surface area contributed by atoms with Gasteiger partial charge in [-0.15, -0.1) is 0 Å². The second-order valence-corrected chi connectivity index (χ2v) is 6.43. The van der Waals surface area contributed by atoms with Gasteiger partial charge in [0.25, 0.3) is 5.91 Å². The first kappa shape index (κ1) is 18.0. The maximum Gasteiger partial charge on any atom is 0.277 e. The van der Waals surface area contributed by atoms with Gasteiger partial charge in [0.1, 0.15) is 11.5 Å². The Bertz CT molecular complexity index is 765. The monoisotopic (exact) mass is 390 g/mol. The van der Waals surface area contributed by atoms with Crippen LogP contribution in [-0.4, -0.2) is 23.8 Å². The van der Waals surface area contributed by atoms with Crippen LogP contribution in [0.15, 0.2) is 39.9 Å². The highest BCUT2D eigenvalue weighted by atomic mass is 79.9. The smallest absolute Gasteiger partial charge is 0.277 e. The number of hydrogen-bond donors (Lipinski definition) is 2. The molecule has 0 aliphatic carbocycles. The Morgan fingerprint density at radius 3 is 2.54 bits per heavy atom. The minimum Gasteiger partial charge on any atom is -0.507 e. The van der Waals surface area contributed by atoms with Crippen LogP contribution in [0.1, 0.15) is 22.3 Å². The summed E-state index contributed by atoms with van der Waals surface area (Å²) < 4.78 is 6.54. The molecule has 2 rings (SSSR count). The summed E-state index contributed by atoms with van der Waals surface area (Å²) in [6, 6.07) is 9.07. The fourth-order valence-corrected chi connectivity index (χ4v) is 2.92. The number of phenolic OH excluding ortho intramolecular Hbond substituents is 1. The first-order valence-corrected chi connectivity index (χ1v) is 8.17. The number of hydrogen-bond acceptors (Lipinski definition) is 4. The van der Waals surface area contributed by atoms with Gasteiger partial charge in [-0.3, -0.25) is 4.79 Å². The number of nitrogens with one attached hydrogen (secondary N) is 1. The van der Waals surface area contributed by atoms with Crippen LogP contribution in [0.25, 0.3) is 0 Å². The van der Waals surface area contributed by atoms with Crippen molar-refractivity contribution in [1.82, 2.24) is 5.43 Å². The number of ether oxygens (including phenoxy) is 1. The van der Waals surface area contributed by atoms with E-state index in [0.29, 0.717) is 11.3 Å². The molecule has 0 aromatic heterocycles. The van der Waals surface area contributed by atoms with E-state index >= 15 is 0 Å². The Kier molecular flexibility index (Phi) is 5.98. The quantitative estimate of drug-likeness (QED) is 0.604. The van der Waals surface area contributed by atoms with Crippen LogP contribution < -0.4 is 10.2 Å². The summed E-state index contributed by atoms with van der Waals surface area (Å²) in [7, 11) is 0. The lowest BCUT2D eigenvalue weighted by atomic mass is 10.1. The summed E-state index contributed by atoms with van der Waals surface area (Å²) in [4.78, 5) is 11.8. The molecule has 24 heavy (non-hydrogen) atoms. The highest BCUT2D eigenvalue weighted by Gasteiger charge is 2.08. The third-order valence-electron chi connectivity index (χ3n) is 3.35. The van der Waals surface area contributed by atoms with Crippen LogP contribution in [0, 0.1) is 20.8 Å². The van der Waals surface area contributed by atoms with E-state index in [2.05, 4.69) is 26.5 Å². The number of phenols is 1. The van der Waals surface area contributed by atoms with Gasteiger partial charge in [-0.05, 0) is 61.7 Å². The van der Waals surface area contributed by atoms with Crippen LogP contribution in [0.4, 0.5) is 0 Å². The second-order valence-electron chi connectivity index (χ2n) is 5.51. The van der Waals surface area contributed by atoms with Gasteiger partial charge < -0.3 is 9.84 Å². The van der Waals surface area contributed by atoms with Crippen LogP contribution in [0.5, 0.6) is 11.5 Å². The van der Waals surface area contributed by atoms with E-state index < -0.39 is 0 Å². The molecule has 2 aromatic rings. The summed E-state index contributed by atoms with van der Waals surface area (Å²) in [5, 5.41) is 13.6. The molecule has 0 heterocycles. The number of rotatable bonds is 5. The van der Waals surface area contributed by atoms with Crippen molar-refractivity contribution in [3.05, 3.63) is 57.1 Å². The zero-order valence-electron chi connectivity index (χ0n) is 13.8. The van der Waals surface area contributed by atoms with Crippen molar-refractivity contribution in [2.24, 2.45) is 5.10 Å². The average molecular weight is 391 g/mol. The molecule has 0 aliphatic heterocycles. The number of halogens is 1. The van der Waals surface area contributed by atoms with Crippen LogP contribution in [-0.2, 0) is 4.79 Å². The molecule has 0 unspecified atom stereocenters. The van der Waals surface area contributed by atoms with Gasteiger partial charge in [0.2, 0.25) is 0 Å². The molecule has 0 atom stereocenters. The molecule has 1 amide bonds. The zero-order chi connectivity index (χ0) is 17.7. The predicted molar refractivity (Wildman–Crippen MR) is 97.7 cm³/mol. The van der Waals surface area contributed by atoms with Crippen LogP contribution >= 0.6 is 15.9 Å². The van der Waals surface area contributed by atoms with E-state index in [4.69, 9.17) is 4.74 Å². The Balaban J connectivity index is 1.91. The lowest BCUT2D eigenvalue weighted by Gasteiger charge is -2.11. The molecule has 0 fully saturated rings. The molecule has 5 nitrogen and oxygen atoms in total. The van der Waals surface area contributed by atoms with Gasteiger partial charge in [-0.2, -0.15) is 5.10 Å². The van der Waals surface area contributed by atoms with E-state index in [0.717, 1.165) is 21.2 Å². The zero-order valence-corrected chi connectivity index (χ0v) is 15.3. The molecular formula is C18H19BrN2O3. The van der Waals surface area contributed by atoms with Crippen molar-refractivity contribution in [3.63, 3.8) is 0 Å². The van der Waals surface area contributed by atoms with Gasteiger partial charge >= 0.3 is 0 Å². The third kappa shape index (κ3) is 4.83. The summed E-state index contributed by atoms with van der Waals surface area (Å²) in [6.45, 7) is 5.58. The largest absolute Gasteiger partial charge is 0.507 e. The van der Waals surface area contributed by atoms with Crippen molar-refractivity contribution in [2.75, 3.05) is 6.61 Å². The van der Waals surface area contributed by atoms with E-state index in [1.807, 2.05) is 39.0 Å². The maximum atomic E-state index is 11.8. The Morgan fingerprint density at radius 2 is 1.92 bits per heavy atom. The molecule has 0 spiro atoms. The molecule has 0 aliphatic rings. The van der Waals surface area contributed by atoms with E-state index in [1.165, 1.54) is 6.21 Å². The average Bonchev–Trinajstić information content (AvgIpc) is 2.48. The maximum absolute atomic E-state index is 11.8. The fraction of sp³-hybridized carbons (Fsp3) is 0.222. The normalized spacial score (nSPS) is 10.8. The number of benzene rings is 2. The molecule has 2 aromatic carbocycles. The summed E-state index contributed by atoms with van der Waals surface area (Å²) in [6.07, 6.45) is 1.39. The highest BCUT2D eigenvalue weighted by Crippen LogP contribution is 2.27. The fourth-order valence-electron chi connectivity index (χ4n) is 2.23. The van der Waals surface area contributed by atoms with Crippen molar-refractivity contribution < 1.29 is 14.6 Å². The number of carbonyl (C=O) groups is 1. The summed E-state index contributed by atoms with van der Waals surface area (Å²) in [5.41, 5.74) is 5.75. The van der Waals surface area contributed by atoms with Crippen LogP contribution in [0.2, 0.25) is 0 Å². The van der Waals surface area contributed by atoms with Crippen molar-refractivity contribution in [1.29, 1.82) is 0 Å². The number of carbonyl (C=O) groups excluding carboxylic acids is 1. The predicted octanol–water partition coefficient (Wildman–Crippen LogP) is 3.61. The number of hydrazone groups is 1. The Morgan fingerprint density at radius 1 is 1.25 bits per heavy atom. The topological polar surface area (TPSA) is 70.9 Å². The molecule has 126 valence electrons. The van der Waals surface area contributed by atoms with Gasteiger partial charge in [-0.25, -0.2) is 5.43 Å². The van der Waals surface area contributed by atoms with Gasteiger partial charge in [0.05, 0.1) is 6.21 Å². The van der Waals surface area contributed by atoms with Crippen molar-refractivity contribution in [3.8, 4) is 11.5 Å². The highest BCUT2D eigenvalue weighted by molar-refractivity contribution is 9.10. The van der Waals surface area contributed by atoms with Gasteiger partial charge in [-0.1, -0.05) is 22.0 Å². The molecule has 6 heteroatoms. The number of nitrogens with zero attached hydrogens (tertiary/aromatic N) is 1. The lowest BCUT2D eigenvalue weighted by Crippen LogP contribution is -2.25.